The van der Waals surface area contributed by atoms with E-state index in [0.29, 0.717) is 11.5 Å². The molecule has 0 fully saturated rings. The highest BCUT2D eigenvalue weighted by Crippen LogP contribution is 2.20. The van der Waals surface area contributed by atoms with Crippen molar-refractivity contribution in [3.63, 3.8) is 0 Å². The van der Waals surface area contributed by atoms with Crippen LogP contribution in [0.4, 0.5) is 5.69 Å². The fourth-order valence-electron chi connectivity index (χ4n) is 2.23. The molecule has 1 unspecified atom stereocenters. The Labute approximate surface area is 132 Å². The van der Waals surface area contributed by atoms with Crippen molar-refractivity contribution in [2.24, 2.45) is 0 Å². The molecule has 0 radical (unpaired) electrons. The van der Waals surface area contributed by atoms with Crippen LogP contribution < -0.4 is 5.32 Å². The molecule has 0 aliphatic carbocycles. The Morgan fingerprint density at radius 3 is 2.32 bits per heavy atom. The second-order valence-corrected chi connectivity index (χ2v) is 5.62. The van der Waals surface area contributed by atoms with Gasteiger partial charge in [-0.05, 0) is 48.6 Å². The number of benzene rings is 2. The van der Waals surface area contributed by atoms with Crippen LogP contribution in [-0.2, 0) is 4.79 Å². The van der Waals surface area contributed by atoms with Gasteiger partial charge < -0.3 is 5.32 Å². The third-order valence-corrected chi connectivity index (χ3v) is 3.89. The van der Waals surface area contributed by atoms with Crippen molar-refractivity contribution < 1.29 is 4.79 Å². The Hall–Kier alpha value is -2.35. The van der Waals surface area contributed by atoms with E-state index in [-0.39, 0.29) is 5.91 Å². The van der Waals surface area contributed by atoms with E-state index in [1.165, 1.54) is 5.56 Å². The Bertz CT molecular complexity index is 641. The average Bonchev–Trinajstić information content (AvgIpc) is 2.55. The van der Waals surface area contributed by atoms with Crippen LogP contribution in [-0.4, -0.2) is 5.91 Å². The molecule has 1 N–H and O–H groups in total. The molecule has 2 aromatic rings. The smallest absolute Gasteiger partial charge is 0.251 e. The van der Waals surface area contributed by atoms with Crippen molar-refractivity contribution in [3.05, 3.63) is 71.3 Å². The molecule has 2 rings (SSSR count). The third-order valence-electron chi connectivity index (χ3n) is 3.89. The molecule has 0 spiro atoms. The average molecular weight is 293 g/mol. The van der Waals surface area contributed by atoms with Crippen LogP contribution in [0.15, 0.2) is 60.2 Å². The van der Waals surface area contributed by atoms with E-state index in [1.54, 1.807) is 0 Å². The lowest BCUT2D eigenvalue weighted by Crippen LogP contribution is -2.12. The predicted octanol–water partition coefficient (Wildman–Crippen LogP) is 5.24. The third kappa shape index (κ3) is 4.32. The molecular weight excluding hydrogens is 270 g/mol. The summed E-state index contributed by atoms with van der Waals surface area (Å²) in [5.74, 6) is 0.476. The van der Waals surface area contributed by atoms with Crippen LogP contribution in [0.5, 0.6) is 0 Å². The van der Waals surface area contributed by atoms with Crippen LogP contribution in [0.1, 0.15) is 44.2 Å². The first-order valence-corrected chi connectivity index (χ1v) is 7.74. The highest BCUT2D eigenvalue weighted by molar-refractivity contribution is 6.06. The van der Waals surface area contributed by atoms with E-state index in [2.05, 4.69) is 31.3 Å². The monoisotopic (exact) mass is 293 g/mol. The first kappa shape index (κ1) is 16.0. The van der Waals surface area contributed by atoms with Gasteiger partial charge in [0.1, 0.15) is 0 Å². The van der Waals surface area contributed by atoms with Gasteiger partial charge in [0.05, 0.1) is 0 Å². The lowest BCUT2D eigenvalue weighted by atomic mass is 9.98. The van der Waals surface area contributed by atoms with Crippen molar-refractivity contribution in [1.29, 1.82) is 0 Å². The van der Waals surface area contributed by atoms with Gasteiger partial charge in [0.25, 0.3) is 5.91 Å². The van der Waals surface area contributed by atoms with Crippen LogP contribution in [0.2, 0.25) is 0 Å². The zero-order valence-corrected chi connectivity index (χ0v) is 13.5. The second-order valence-electron chi connectivity index (χ2n) is 5.62. The Balaban J connectivity index is 2.04. The van der Waals surface area contributed by atoms with Crippen molar-refractivity contribution in [1.82, 2.24) is 0 Å². The van der Waals surface area contributed by atoms with E-state index in [1.807, 2.05) is 55.5 Å². The zero-order chi connectivity index (χ0) is 15.9. The van der Waals surface area contributed by atoms with E-state index in [0.717, 1.165) is 17.7 Å². The lowest BCUT2D eigenvalue weighted by molar-refractivity contribution is -0.112. The van der Waals surface area contributed by atoms with Gasteiger partial charge >= 0.3 is 0 Å². The zero-order valence-electron chi connectivity index (χ0n) is 13.5. The van der Waals surface area contributed by atoms with E-state index in [4.69, 9.17) is 0 Å². The molecule has 0 heterocycles. The molecule has 2 heteroatoms. The molecule has 0 saturated carbocycles. The highest BCUT2D eigenvalue weighted by atomic mass is 16.1. The number of hydrogen-bond acceptors (Lipinski definition) is 1. The molecule has 0 aliphatic heterocycles. The standard InChI is InChI=1S/C20H23NO/c1-4-15(2)18-10-12-19(13-11-18)21-20(22)16(3)14-17-8-6-5-7-9-17/h5-15H,4H2,1-3H3,(H,21,22). The van der Waals surface area contributed by atoms with Gasteiger partial charge in [0, 0.05) is 11.3 Å². The Morgan fingerprint density at radius 2 is 1.73 bits per heavy atom. The van der Waals surface area contributed by atoms with Gasteiger partial charge in [0.15, 0.2) is 0 Å². The topological polar surface area (TPSA) is 29.1 Å². The van der Waals surface area contributed by atoms with Gasteiger partial charge in [-0.15, -0.1) is 0 Å². The fraction of sp³-hybridized carbons (Fsp3) is 0.250. The minimum Gasteiger partial charge on any atom is -0.322 e. The number of rotatable bonds is 5. The summed E-state index contributed by atoms with van der Waals surface area (Å²) in [6, 6.07) is 18.0. The number of carbonyl (C=O) groups is 1. The Kier molecular flexibility index (Phi) is 5.54. The summed E-state index contributed by atoms with van der Waals surface area (Å²) >= 11 is 0. The molecule has 0 aliphatic rings. The van der Waals surface area contributed by atoms with Crippen molar-refractivity contribution >= 4 is 17.7 Å². The van der Waals surface area contributed by atoms with Gasteiger partial charge in [-0.3, -0.25) is 4.79 Å². The number of carbonyl (C=O) groups excluding carboxylic acids is 1. The summed E-state index contributed by atoms with van der Waals surface area (Å²) in [7, 11) is 0. The Morgan fingerprint density at radius 1 is 1.09 bits per heavy atom. The maximum Gasteiger partial charge on any atom is 0.251 e. The maximum atomic E-state index is 12.2. The molecule has 22 heavy (non-hydrogen) atoms. The summed E-state index contributed by atoms with van der Waals surface area (Å²) < 4.78 is 0. The number of nitrogens with one attached hydrogen (secondary N) is 1. The summed E-state index contributed by atoms with van der Waals surface area (Å²) in [4.78, 5) is 12.2. The van der Waals surface area contributed by atoms with Crippen molar-refractivity contribution in [3.8, 4) is 0 Å². The molecule has 114 valence electrons. The predicted molar refractivity (Wildman–Crippen MR) is 93.9 cm³/mol. The fourth-order valence-corrected chi connectivity index (χ4v) is 2.23. The van der Waals surface area contributed by atoms with Gasteiger partial charge in [0.2, 0.25) is 0 Å². The number of hydrogen-bond donors (Lipinski definition) is 1. The minimum atomic E-state index is -0.0693. The van der Waals surface area contributed by atoms with E-state index < -0.39 is 0 Å². The normalized spacial score (nSPS) is 12.8. The molecule has 2 aromatic carbocycles. The van der Waals surface area contributed by atoms with Crippen molar-refractivity contribution in [2.75, 3.05) is 5.32 Å². The first-order chi connectivity index (χ1) is 10.6. The molecular formula is C20H23NO. The second kappa shape index (κ2) is 7.60. The van der Waals surface area contributed by atoms with Crippen LogP contribution in [0.3, 0.4) is 0 Å². The van der Waals surface area contributed by atoms with E-state index in [9.17, 15) is 4.79 Å². The molecule has 1 atom stereocenters. The van der Waals surface area contributed by atoms with Crippen LogP contribution >= 0.6 is 0 Å². The molecule has 0 aromatic heterocycles. The van der Waals surface area contributed by atoms with Gasteiger partial charge in [-0.1, -0.05) is 56.3 Å². The number of amides is 1. The van der Waals surface area contributed by atoms with Crippen LogP contribution in [0, 0.1) is 0 Å². The SMILES string of the molecule is CCC(C)c1ccc(NC(=O)C(C)=Cc2ccccc2)cc1. The molecule has 2 nitrogen and oxygen atoms in total. The molecule has 0 saturated heterocycles. The van der Waals surface area contributed by atoms with E-state index >= 15 is 0 Å². The number of anilines is 1. The largest absolute Gasteiger partial charge is 0.322 e. The highest BCUT2D eigenvalue weighted by Gasteiger charge is 2.06. The molecule has 1 amide bonds. The first-order valence-electron chi connectivity index (χ1n) is 7.74. The summed E-state index contributed by atoms with van der Waals surface area (Å²) in [5.41, 5.74) is 3.86. The minimum absolute atomic E-state index is 0.0693. The lowest BCUT2D eigenvalue weighted by Gasteiger charge is -2.10. The quantitative estimate of drug-likeness (QED) is 0.750. The van der Waals surface area contributed by atoms with Crippen LogP contribution in [0.25, 0.3) is 6.08 Å². The maximum absolute atomic E-state index is 12.2. The summed E-state index contributed by atoms with van der Waals surface area (Å²) in [6.45, 7) is 6.22. The van der Waals surface area contributed by atoms with Gasteiger partial charge in [-0.2, -0.15) is 0 Å². The van der Waals surface area contributed by atoms with Crippen molar-refractivity contribution in [2.45, 2.75) is 33.1 Å². The summed E-state index contributed by atoms with van der Waals surface area (Å²) in [6.07, 6.45) is 3.01. The van der Waals surface area contributed by atoms with Gasteiger partial charge in [-0.25, -0.2) is 0 Å². The summed E-state index contributed by atoms with van der Waals surface area (Å²) in [5, 5.41) is 2.94. The molecule has 0 bridgehead atoms.